The fraction of sp³-hybridized carbons (Fsp3) is 0.542. The summed E-state index contributed by atoms with van der Waals surface area (Å²) in [5, 5.41) is 5.37. The number of hydrogen-bond acceptors (Lipinski definition) is 4. The van der Waals surface area contributed by atoms with Crippen LogP contribution in [0, 0.1) is 12.5 Å². The average Bonchev–Trinajstić information content (AvgIpc) is 2.62. The first-order chi connectivity index (χ1) is 14.2. The van der Waals surface area contributed by atoms with Crippen LogP contribution in [0.2, 0.25) is 0 Å². The molecule has 0 aromatic heterocycles. The fourth-order valence-corrected chi connectivity index (χ4v) is 2.81. The molecule has 0 heterocycles. The molecule has 0 saturated carbocycles. The number of nitrogens with one attached hydrogen (secondary N) is 2. The smallest absolute Gasteiger partial charge is 0.408 e. The SMILES string of the molecule is C#CN(C(=O)C(C)NC(=O)OC(C)(C)C)C(C(=O)NC(C)(C)C)c1ccc(CC)cc1. The molecule has 0 bridgehead atoms. The van der Waals surface area contributed by atoms with Crippen molar-refractivity contribution in [2.75, 3.05) is 0 Å². The molecule has 0 aliphatic rings. The number of amides is 3. The summed E-state index contributed by atoms with van der Waals surface area (Å²) in [6.07, 6.45) is 5.77. The van der Waals surface area contributed by atoms with E-state index in [9.17, 15) is 14.4 Å². The van der Waals surface area contributed by atoms with Gasteiger partial charge in [-0.25, -0.2) is 4.79 Å². The third-order valence-electron chi connectivity index (χ3n) is 4.19. The van der Waals surface area contributed by atoms with Crippen molar-refractivity contribution < 1.29 is 19.1 Å². The van der Waals surface area contributed by atoms with Crippen LogP contribution in [-0.4, -0.2) is 40.0 Å². The van der Waals surface area contributed by atoms with Crippen molar-refractivity contribution in [3.05, 3.63) is 35.4 Å². The average molecular weight is 430 g/mol. The Kier molecular flexibility index (Phi) is 8.68. The highest BCUT2D eigenvalue weighted by Crippen LogP contribution is 2.23. The van der Waals surface area contributed by atoms with Gasteiger partial charge in [0.1, 0.15) is 17.7 Å². The zero-order valence-electron chi connectivity index (χ0n) is 19.8. The van der Waals surface area contributed by atoms with Gasteiger partial charge in [-0.1, -0.05) is 37.6 Å². The van der Waals surface area contributed by atoms with Gasteiger partial charge in [0.05, 0.1) is 0 Å². The first kappa shape index (κ1) is 26.0. The Balaban J connectivity index is 3.23. The Labute approximate surface area is 185 Å². The summed E-state index contributed by atoms with van der Waals surface area (Å²) in [5.41, 5.74) is 0.434. The maximum Gasteiger partial charge on any atom is 0.408 e. The molecule has 0 saturated heterocycles. The third kappa shape index (κ3) is 8.33. The van der Waals surface area contributed by atoms with Crippen LogP contribution in [0.25, 0.3) is 0 Å². The van der Waals surface area contributed by atoms with Gasteiger partial charge in [0.2, 0.25) is 5.91 Å². The molecule has 2 N–H and O–H groups in total. The van der Waals surface area contributed by atoms with E-state index in [0.717, 1.165) is 16.9 Å². The first-order valence-corrected chi connectivity index (χ1v) is 10.4. The quantitative estimate of drug-likeness (QED) is 0.535. The summed E-state index contributed by atoms with van der Waals surface area (Å²) in [6.45, 7) is 14.2. The van der Waals surface area contributed by atoms with E-state index >= 15 is 0 Å². The Morgan fingerprint density at radius 3 is 2.06 bits per heavy atom. The molecule has 0 radical (unpaired) electrons. The lowest BCUT2D eigenvalue weighted by molar-refractivity contribution is -0.138. The van der Waals surface area contributed by atoms with Crippen LogP contribution in [0.5, 0.6) is 0 Å². The zero-order valence-corrected chi connectivity index (χ0v) is 19.8. The van der Waals surface area contributed by atoms with Crippen molar-refractivity contribution in [2.45, 2.75) is 85.0 Å². The Morgan fingerprint density at radius 1 is 1.10 bits per heavy atom. The van der Waals surface area contributed by atoms with Gasteiger partial charge in [0.15, 0.2) is 0 Å². The maximum absolute atomic E-state index is 13.1. The summed E-state index contributed by atoms with van der Waals surface area (Å²) < 4.78 is 5.20. The second kappa shape index (κ2) is 10.3. The molecule has 1 rings (SSSR count). The lowest BCUT2D eigenvalue weighted by atomic mass is 9.99. The van der Waals surface area contributed by atoms with Crippen LogP contribution in [0.1, 0.15) is 72.6 Å². The predicted octanol–water partition coefficient (Wildman–Crippen LogP) is 3.54. The highest BCUT2D eigenvalue weighted by molar-refractivity contribution is 5.93. The van der Waals surface area contributed by atoms with Crippen LogP contribution in [0.3, 0.4) is 0 Å². The zero-order chi connectivity index (χ0) is 24.0. The van der Waals surface area contributed by atoms with E-state index in [0.29, 0.717) is 5.56 Å². The molecule has 2 atom stereocenters. The van der Waals surface area contributed by atoms with Gasteiger partial charge in [-0.2, -0.15) is 0 Å². The second-order valence-corrected chi connectivity index (χ2v) is 9.44. The number of hydrogen-bond donors (Lipinski definition) is 2. The Morgan fingerprint density at radius 2 is 1.65 bits per heavy atom. The minimum absolute atomic E-state index is 0.410. The van der Waals surface area contributed by atoms with Gasteiger partial charge in [-0.3, -0.25) is 14.5 Å². The highest BCUT2D eigenvalue weighted by Gasteiger charge is 2.35. The molecule has 2 unspecified atom stereocenters. The number of terminal acetylenes is 1. The van der Waals surface area contributed by atoms with Gasteiger partial charge in [0.25, 0.3) is 5.91 Å². The number of alkyl carbamates (subject to hydrolysis) is 1. The van der Waals surface area contributed by atoms with E-state index in [1.165, 1.54) is 6.92 Å². The molecule has 3 amide bonds. The monoisotopic (exact) mass is 429 g/mol. The molecule has 0 aliphatic carbocycles. The van der Waals surface area contributed by atoms with Crippen LogP contribution in [-0.2, 0) is 20.7 Å². The molecule has 0 spiro atoms. The molecule has 0 fully saturated rings. The largest absolute Gasteiger partial charge is 0.444 e. The van der Waals surface area contributed by atoms with Crippen LogP contribution >= 0.6 is 0 Å². The number of carbonyl (C=O) groups excluding carboxylic acids is 3. The van der Waals surface area contributed by atoms with Crippen molar-refractivity contribution in [1.29, 1.82) is 0 Å². The fourth-order valence-electron chi connectivity index (χ4n) is 2.81. The van der Waals surface area contributed by atoms with E-state index in [1.807, 2.05) is 39.8 Å². The normalized spacial score (nSPS) is 13.4. The molecule has 170 valence electrons. The summed E-state index contributed by atoms with van der Waals surface area (Å²) >= 11 is 0. The third-order valence-corrected chi connectivity index (χ3v) is 4.19. The van der Waals surface area contributed by atoms with Crippen molar-refractivity contribution in [1.82, 2.24) is 15.5 Å². The standard InChI is InChI=1S/C24H35N3O4/c1-10-17-12-14-18(15-13-17)19(20(28)26-23(4,5)6)27(11-2)21(29)16(3)25-22(30)31-24(7,8)9/h2,12-16,19H,10H2,1,3-9H3,(H,25,30)(H,26,28). The lowest BCUT2D eigenvalue weighted by Crippen LogP contribution is -2.52. The predicted molar refractivity (Wildman–Crippen MR) is 121 cm³/mol. The molecule has 7 heteroatoms. The minimum Gasteiger partial charge on any atom is -0.444 e. The lowest BCUT2D eigenvalue weighted by Gasteiger charge is -2.31. The summed E-state index contributed by atoms with van der Waals surface area (Å²) in [6, 6.07) is 7.65. The topological polar surface area (TPSA) is 87.7 Å². The molecule has 0 aliphatic heterocycles. The molecule has 7 nitrogen and oxygen atoms in total. The molecule has 31 heavy (non-hydrogen) atoms. The first-order valence-electron chi connectivity index (χ1n) is 10.4. The molecular weight excluding hydrogens is 394 g/mol. The van der Waals surface area contributed by atoms with Gasteiger partial charge in [-0.15, -0.1) is 0 Å². The number of rotatable bonds is 6. The van der Waals surface area contributed by atoms with E-state index in [1.54, 1.807) is 32.9 Å². The van der Waals surface area contributed by atoms with Gasteiger partial charge < -0.3 is 15.4 Å². The van der Waals surface area contributed by atoms with Gasteiger partial charge in [0, 0.05) is 11.6 Å². The second-order valence-electron chi connectivity index (χ2n) is 9.44. The van der Waals surface area contributed by atoms with Crippen LogP contribution in [0.15, 0.2) is 24.3 Å². The van der Waals surface area contributed by atoms with Crippen molar-refractivity contribution >= 4 is 17.9 Å². The van der Waals surface area contributed by atoms with Crippen LogP contribution in [0.4, 0.5) is 4.79 Å². The van der Waals surface area contributed by atoms with Gasteiger partial charge in [-0.05, 0) is 66.0 Å². The van der Waals surface area contributed by atoms with Crippen molar-refractivity contribution in [3.8, 4) is 12.5 Å². The Hall–Kier alpha value is -3.01. The number of benzene rings is 1. The molecule has 1 aromatic rings. The molecule has 1 aromatic carbocycles. The number of ether oxygens (including phenoxy) is 1. The number of carbonyl (C=O) groups is 3. The maximum atomic E-state index is 13.1. The van der Waals surface area contributed by atoms with E-state index in [4.69, 9.17) is 11.2 Å². The van der Waals surface area contributed by atoms with E-state index in [-0.39, 0.29) is 0 Å². The molecular formula is C24H35N3O4. The minimum atomic E-state index is -1.05. The van der Waals surface area contributed by atoms with Gasteiger partial charge >= 0.3 is 6.09 Å². The number of nitrogens with zero attached hydrogens (tertiary/aromatic N) is 1. The number of aryl methyl sites for hydroxylation is 1. The summed E-state index contributed by atoms with van der Waals surface area (Å²) in [5.74, 6) is -1.01. The summed E-state index contributed by atoms with van der Waals surface area (Å²) in [4.78, 5) is 39.4. The highest BCUT2D eigenvalue weighted by atomic mass is 16.6. The summed E-state index contributed by atoms with van der Waals surface area (Å²) in [7, 11) is 0. The van der Waals surface area contributed by atoms with E-state index in [2.05, 4.69) is 16.7 Å². The van der Waals surface area contributed by atoms with Crippen molar-refractivity contribution in [3.63, 3.8) is 0 Å². The van der Waals surface area contributed by atoms with E-state index < -0.39 is 41.1 Å². The van der Waals surface area contributed by atoms with Crippen LogP contribution < -0.4 is 10.6 Å². The van der Waals surface area contributed by atoms with Crippen molar-refractivity contribution in [2.24, 2.45) is 0 Å². The Bertz CT molecular complexity index is 826.